The van der Waals surface area contributed by atoms with Gasteiger partial charge >= 0.3 is 11.1 Å². The molecule has 1 fully saturated rings. The van der Waals surface area contributed by atoms with E-state index in [4.69, 9.17) is 4.74 Å². The van der Waals surface area contributed by atoms with E-state index in [9.17, 15) is 14.4 Å². The van der Waals surface area contributed by atoms with Crippen LogP contribution in [0.25, 0.3) is 11.0 Å². The molecule has 132 valence electrons. The van der Waals surface area contributed by atoms with Crippen LogP contribution < -0.4 is 16.4 Å². The van der Waals surface area contributed by atoms with Crippen LogP contribution in [0.2, 0.25) is 0 Å². The highest BCUT2D eigenvalue weighted by Gasteiger charge is 2.18. The molecule has 1 aliphatic heterocycles. The van der Waals surface area contributed by atoms with Gasteiger partial charge in [0.25, 0.3) is 0 Å². The Morgan fingerprint density at radius 2 is 1.92 bits per heavy atom. The summed E-state index contributed by atoms with van der Waals surface area (Å²) in [7, 11) is 0. The van der Waals surface area contributed by atoms with Crippen molar-refractivity contribution in [1.82, 2.24) is 14.5 Å². The standard InChI is InChI=1S/C18H21N3O4/c1-2-9-20-14-7-3-4-8-15(14)21(18(24)17(20)23)12-16(22)19-11-13-6-5-10-25-13/h2-4,7-8,13H,1,5-6,9-12H2,(H,19,22). The number of nitrogens with zero attached hydrogens (tertiary/aromatic N) is 2. The molecule has 2 aromatic rings. The third-order valence-electron chi connectivity index (χ3n) is 4.30. The number of hydrogen-bond acceptors (Lipinski definition) is 4. The van der Waals surface area contributed by atoms with Crippen LogP contribution in [0, 0.1) is 0 Å². The smallest absolute Gasteiger partial charge is 0.317 e. The minimum absolute atomic E-state index is 0.0259. The number of nitrogens with one attached hydrogen (secondary N) is 1. The summed E-state index contributed by atoms with van der Waals surface area (Å²) < 4.78 is 8.05. The van der Waals surface area contributed by atoms with Crippen LogP contribution in [-0.4, -0.2) is 34.3 Å². The number of aromatic nitrogens is 2. The average molecular weight is 343 g/mol. The Labute approximate surface area is 144 Å². The summed E-state index contributed by atoms with van der Waals surface area (Å²) in [6, 6.07) is 7.03. The molecule has 1 atom stereocenters. The van der Waals surface area contributed by atoms with Gasteiger partial charge in [-0.1, -0.05) is 18.2 Å². The van der Waals surface area contributed by atoms with Gasteiger partial charge in [0.1, 0.15) is 6.54 Å². The lowest BCUT2D eigenvalue weighted by Gasteiger charge is -2.15. The highest BCUT2D eigenvalue weighted by Crippen LogP contribution is 2.12. The van der Waals surface area contributed by atoms with E-state index < -0.39 is 11.1 Å². The summed E-state index contributed by atoms with van der Waals surface area (Å²) in [5.41, 5.74) is -0.238. The minimum Gasteiger partial charge on any atom is -0.376 e. The van der Waals surface area contributed by atoms with Crippen molar-refractivity contribution in [3.63, 3.8) is 0 Å². The molecular formula is C18H21N3O4. The van der Waals surface area contributed by atoms with Crippen LogP contribution >= 0.6 is 0 Å². The van der Waals surface area contributed by atoms with Gasteiger partial charge in [0, 0.05) is 19.7 Å². The summed E-state index contributed by atoms with van der Waals surface area (Å²) in [5, 5.41) is 2.78. The van der Waals surface area contributed by atoms with Crippen molar-refractivity contribution in [2.24, 2.45) is 0 Å². The summed E-state index contributed by atoms with van der Waals surface area (Å²) >= 11 is 0. The Kier molecular flexibility index (Phi) is 5.14. The first-order valence-corrected chi connectivity index (χ1v) is 8.33. The van der Waals surface area contributed by atoms with Crippen LogP contribution in [0.3, 0.4) is 0 Å². The summed E-state index contributed by atoms with van der Waals surface area (Å²) in [5.74, 6) is -0.316. The molecule has 3 rings (SSSR count). The van der Waals surface area contributed by atoms with Gasteiger partial charge in [0.05, 0.1) is 17.1 Å². The number of carbonyl (C=O) groups excluding carboxylic acids is 1. The first-order chi connectivity index (χ1) is 12.1. The number of rotatable bonds is 6. The van der Waals surface area contributed by atoms with E-state index >= 15 is 0 Å². The first-order valence-electron chi connectivity index (χ1n) is 8.33. The number of carbonyl (C=O) groups is 1. The molecule has 0 saturated carbocycles. The molecule has 0 bridgehead atoms. The molecule has 1 aromatic heterocycles. The molecule has 25 heavy (non-hydrogen) atoms. The van der Waals surface area contributed by atoms with Gasteiger partial charge in [-0.2, -0.15) is 0 Å². The summed E-state index contributed by atoms with van der Waals surface area (Å²) in [6.07, 6.45) is 3.50. The lowest BCUT2D eigenvalue weighted by Crippen LogP contribution is -2.44. The van der Waals surface area contributed by atoms with Gasteiger partial charge in [0.15, 0.2) is 0 Å². The maximum Gasteiger partial charge on any atom is 0.317 e. The van der Waals surface area contributed by atoms with E-state index in [0.717, 1.165) is 12.8 Å². The van der Waals surface area contributed by atoms with Crippen molar-refractivity contribution in [3.05, 3.63) is 57.6 Å². The fraction of sp³-hybridized carbons (Fsp3) is 0.389. The van der Waals surface area contributed by atoms with Crippen molar-refractivity contribution in [1.29, 1.82) is 0 Å². The van der Waals surface area contributed by atoms with Gasteiger partial charge in [-0.05, 0) is 25.0 Å². The Hall–Kier alpha value is -2.67. The fourth-order valence-electron chi connectivity index (χ4n) is 3.07. The van der Waals surface area contributed by atoms with Gasteiger partial charge in [-0.15, -0.1) is 6.58 Å². The summed E-state index contributed by atoms with van der Waals surface area (Å²) in [4.78, 5) is 37.1. The van der Waals surface area contributed by atoms with Crippen molar-refractivity contribution in [3.8, 4) is 0 Å². The number of benzene rings is 1. The normalized spacial score (nSPS) is 16.9. The maximum absolute atomic E-state index is 12.5. The van der Waals surface area contributed by atoms with E-state index in [0.29, 0.717) is 24.2 Å². The molecule has 0 radical (unpaired) electrons. The average Bonchev–Trinajstić information content (AvgIpc) is 3.14. The van der Waals surface area contributed by atoms with E-state index in [1.165, 1.54) is 9.13 Å². The second-order valence-electron chi connectivity index (χ2n) is 6.02. The second-order valence-corrected chi connectivity index (χ2v) is 6.02. The van der Waals surface area contributed by atoms with Crippen molar-refractivity contribution in [2.45, 2.75) is 32.0 Å². The van der Waals surface area contributed by atoms with Gasteiger partial charge < -0.3 is 10.1 Å². The van der Waals surface area contributed by atoms with E-state index in [1.54, 1.807) is 30.3 Å². The SMILES string of the molecule is C=CCn1c(=O)c(=O)n(CC(=O)NCC2CCCO2)c2ccccc21. The van der Waals surface area contributed by atoms with Gasteiger partial charge in [-0.25, -0.2) is 0 Å². The first kappa shape index (κ1) is 17.2. The lowest BCUT2D eigenvalue weighted by atomic mass is 10.2. The Balaban J connectivity index is 1.90. The number of amides is 1. The highest BCUT2D eigenvalue weighted by molar-refractivity contribution is 5.80. The molecule has 1 aromatic carbocycles. The highest BCUT2D eigenvalue weighted by atomic mass is 16.5. The maximum atomic E-state index is 12.5. The van der Waals surface area contributed by atoms with Crippen LogP contribution in [0.5, 0.6) is 0 Å². The Morgan fingerprint density at radius 1 is 1.24 bits per heavy atom. The van der Waals surface area contributed by atoms with E-state index in [-0.39, 0.29) is 25.1 Å². The van der Waals surface area contributed by atoms with Gasteiger partial charge in [0.2, 0.25) is 5.91 Å². The summed E-state index contributed by atoms with van der Waals surface area (Å²) in [6.45, 7) is 4.79. The van der Waals surface area contributed by atoms with Crippen molar-refractivity contribution < 1.29 is 9.53 Å². The molecule has 0 spiro atoms. The second kappa shape index (κ2) is 7.48. The molecule has 0 aliphatic carbocycles. The number of fused-ring (bicyclic) bond motifs is 1. The zero-order chi connectivity index (χ0) is 17.8. The minimum atomic E-state index is -0.715. The third kappa shape index (κ3) is 3.56. The van der Waals surface area contributed by atoms with E-state index in [2.05, 4.69) is 11.9 Å². The molecule has 1 unspecified atom stereocenters. The molecule has 1 aliphatic rings. The number of para-hydroxylation sites is 2. The fourth-order valence-corrected chi connectivity index (χ4v) is 3.07. The molecule has 7 nitrogen and oxygen atoms in total. The number of hydrogen-bond donors (Lipinski definition) is 1. The topological polar surface area (TPSA) is 82.3 Å². The quantitative estimate of drug-likeness (QED) is 0.617. The predicted molar refractivity (Wildman–Crippen MR) is 94.6 cm³/mol. The van der Waals surface area contributed by atoms with Crippen LogP contribution in [0.4, 0.5) is 0 Å². The predicted octanol–water partition coefficient (Wildman–Crippen LogP) is 0.644. The zero-order valence-corrected chi connectivity index (χ0v) is 13.9. The Morgan fingerprint density at radius 3 is 2.56 bits per heavy atom. The molecule has 7 heteroatoms. The lowest BCUT2D eigenvalue weighted by molar-refractivity contribution is -0.122. The molecule has 1 amide bonds. The molecule has 2 heterocycles. The zero-order valence-electron chi connectivity index (χ0n) is 13.9. The van der Waals surface area contributed by atoms with Crippen molar-refractivity contribution in [2.75, 3.05) is 13.2 Å². The van der Waals surface area contributed by atoms with Crippen LogP contribution in [-0.2, 0) is 22.6 Å². The molecular weight excluding hydrogens is 322 g/mol. The monoisotopic (exact) mass is 343 g/mol. The molecule has 1 N–H and O–H groups in total. The van der Waals surface area contributed by atoms with Crippen LogP contribution in [0.15, 0.2) is 46.5 Å². The van der Waals surface area contributed by atoms with Gasteiger partial charge in [-0.3, -0.25) is 23.5 Å². The van der Waals surface area contributed by atoms with Crippen molar-refractivity contribution >= 4 is 16.9 Å². The molecule has 1 saturated heterocycles. The Bertz CT molecular complexity index is 907. The third-order valence-corrected chi connectivity index (χ3v) is 4.30. The van der Waals surface area contributed by atoms with Crippen LogP contribution in [0.1, 0.15) is 12.8 Å². The van der Waals surface area contributed by atoms with E-state index in [1.807, 2.05) is 0 Å². The largest absolute Gasteiger partial charge is 0.376 e. The number of ether oxygens (including phenoxy) is 1. The number of allylic oxidation sites excluding steroid dienone is 1.